The molecular formula is C21H28N2OS. The molecule has 1 unspecified atom stereocenters. The fraction of sp³-hybridized carbons (Fsp3) is 0.476. The zero-order valence-corrected chi connectivity index (χ0v) is 15.9. The van der Waals surface area contributed by atoms with Crippen LogP contribution in [0, 0.1) is 0 Å². The van der Waals surface area contributed by atoms with Crippen LogP contribution in [-0.2, 0) is 17.6 Å². The van der Waals surface area contributed by atoms with Gasteiger partial charge in [0.1, 0.15) is 0 Å². The minimum Gasteiger partial charge on any atom is -0.341 e. The number of amides is 1. The Labute approximate surface area is 155 Å². The molecule has 1 aromatic heterocycles. The van der Waals surface area contributed by atoms with Crippen molar-refractivity contribution in [1.29, 1.82) is 0 Å². The summed E-state index contributed by atoms with van der Waals surface area (Å²) in [6, 6.07) is 15.1. The summed E-state index contributed by atoms with van der Waals surface area (Å²) in [7, 11) is 1.98. The number of likely N-dealkylation sites (tertiary alicyclic amines) is 1. The lowest BCUT2D eigenvalue weighted by atomic mass is 10.0. The Kier molecular flexibility index (Phi) is 6.65. The average molecular weight is 357 g/mol. The lowest BCUT2D eigenvalue weighted by Gasteiger charge is -2.37. The number of hydrogen-bond donors (Lipinski definition) is 0. The Morgan fingerprint density at radius 3 is 2.84 bits per heavy atom. The molecule has 4 heteroatoms. The van der Waals surface area contributed by atoms with E-state index < -0.39 is 0 Å². The molecule has 1 atom stereocenters. The number of likely N-dealkylation sites (N-methyl/N-ethyl adjacent to an activating group) is 1. The highest BCUT2D eigenvalue weighted by atomic mass is 32.1. The summed E-state index contributed by atoms with van der Waals surface area (Å²) in [6.07, 6.45) is 5.17. The van der Waals surface area contributed by atoms with Crippen LogP contribution in [-0.4, -0.2) is 48.4 Å². The van der Waals surface area contributed by atoms with Gasteiger partial charge in [-0.05, 0) is 55.8 Å². The van der Waals surface area contributed by atoms with Crippen molar-refractivity contribution < 1.29 is 4.79 Å². The van der Waals surface area contributed by atoms with E-state index in [9.17, 15) is 4.79 Å². The summed E-state index contributed by atoms with van der Waals surface area (Å²) < 4.78 is 0. The van der Waals surface area contributed by atoms with Crippen molar-refractivity contribution in [2.24, 2.45) is 0 Å². The van der Waals surface area contributed by atoms with Gasteiger partial charge in [0.05, 0.1) is 6.42 Å². The zero-order chi connectivity index (χ0) is 17.5. The number of thiophene rings is 1. The van der Waals surface area contributed by atoms with E-state index in [0.29, 0.717) is 12.5 Å². The molecule has 0 saturated carbocycles. The predicted octanol–water partition coefficient (Wildman–Crippen LogP) is 3.85. The molecule has 0 N–H and O–H groups in total. The molecule has 1 amide bonds. The van der Waals surface area contributed by atoms with Crippen molar-refractivity contribution in [2.45, 2.75) is 38.1 Å². The molecule has 0 aliphatic carbocycles. The number of carbonyl (C=O) groups is 1. The molecule has 2 heterocycles. The second kappa shape index (κ2) is 9.16. The predicted molar refractivity (Wildman–Crippen MR) is 105 cm³/mol. The summed E-state index contributed by atoms with van der Waals surface area (Å²) >= 11 is 1.67. The van der Waals surface area contributed by atoms with E-state index in [4.69, 9.17) is 0 Å². The lowest BCUT2D eigenvalue weighted by Crippen LogP contribution is -2.49. The molecule has 1 aliphatic rings. The number of piperidine rings is 1. The van der Waals surface area contributed by atoms with Gasteiger partial charge in [-0.2, -0.15) is 0 Å². The normalized spacial score (nSPS) is 18.2. The Morgan fingerprint density at radius 2 is 2.08 bits per heavy atom. The van der Waals surface area contributed by atoms with Crippen molar-refractivity contribution in [3.63, 3.8) is 0 Å². The van der Waals surface area contributed by atoms with Gasteiger partial charge in [0.2, 0.25) is 5.91 Å². The molecule has 0 radical (unpaired) electrons. The van der Waals surface area contributed by atoms with Crippen LogP contribution in [0.3, 0.4) is 0 Å². The summed E-state index contributed by atoms with van der Waals surface area (Å²) in [5.74, 6) is 0.249. The second-order valence-corrected chi connectivity index (χ2v) is 7.98. The van der Waals surface area contributed by atoms with Crippen LogP contribution in [0.5, 0.6) is 0 Å². The highest BCUT2D eigenvalue weighted by Crippen LogP contribution is 2.18. The first-order chi connectivity index (χ1) is 12.2. The maximum absolute atomic E-state index is 12.5. The number of benzene rings is 1. The number of aryl methyl sites for hydroxylation is 1. The van der Waals surface area contributed by atoms with Crippen LogP contribution in [0.4, 0.5) is 0 Å². The van der Waals surface area contributed by atoms with Crippen LogP contribution in [0.1, 0.15) is 29.7 Å². The fourth-order valence-corrected chi connectivity index (χ4v) is 4.29. The SMILES string of the molecule is CN(C(=O)Cc1cccs1)C1CCCN(CCCc2ccccc2)C1. The molecule has 1 aliphatic heterocycles. The van der Waals surface area contributed by atoms with Crippen molar-refractivity contribution in [3.05, 3.63) is 58.3 Å². The van der Waals surface area contributed by atoms with Gasteiger partial charge >= 0.3 is 0 Å². The first-order valence-corrected chi connectivity index (χ1v) is 10.1. The van der Waals surface area contributed by atoms with Crippen LogP contribution >= 0.6 is 11.3 Å². The first-order valence-electron chi connectivity index (χ1n) is 9.26. The molecule has 0 bridgehead atoms. The Hall–Kier alpha value is -1.65. The van der Waals surface area contributed by atoms with Crippen molar-refractivity contribution in [3.8, 4) is 0 Å². The molecule has 1 aromatic carbocycles. The van der Waals surface area contributed by atoms with Crippen LogP contribution in [0.25, 0.3) is 0 Å². The number of rotatable bonds is 7. The fourth-order valence-electron chi connectivity index (χ4n) is 3.59. The van der Waals surface area contributed by atoms with E-state index in [-0.39, 0.29) is 5.91 Å². The van der Waals surface area contributed by atoms with Crippen molar-refractivity contribution >= 4 is 17.2 Å². The van der Waals surface area contributed by atoms with Gasteiger partial charge in [-0.25, -0.2) is 0 Å². The monoisotopic (exact) mass is 356 g/mol. The van der Waals surface area contributed by atoms with E-state index in [1.165, 1.54) is 18.4 Å². The van der Waals surface area contributed by atoms with Gasteiger partial charge in [-0.1, -0.05) is 36.4 Å². The van der Waals surface area contributed by atoms with Crippen LogP contribution in [0.15, 0.2) is 47.8 Å². The maximum atomic E-state index is 12.5. The summed E-state index contributed by atoms with van der Waals surface area (Å²) in [5.41, 5.74) is 1.42. The molecule has 1 fully saturated rings. The van der Waals surface area contributed by atoms with E-state index in [1.807, 2.05) is 29.5 Å². The summed E-state index contributed by atoms with van der Waals surface area (Å²) in [6.45, 7) is 3.30. The molecule has 25 heavy (non-hydrogen) atoms. The molecule has 134 valence electrons. The van der Waals surface area contributed by atoms with Crippen molar-refractivity contribution in [1.82, 2.24) is 9.80 Å². The van der Waals surface area contributed by atoms with Crippen LogP contribution in [0.2, 0.25) is 0 Å². The zero-order valence-electron chi connectivity index (χ0n) is 15.1. The molecule has 2 aromatic rings. The quantitative estimate of drug-likeness (QED) is 0.752. The van der Waals surface area contributed by atoms with E-state index in [0.717, 1.165) is 37.4 Å². The third kappa shape index (κ3) is 5.41. The van der Waals surface area contributed by atoms with Gasteiger partial charge in [-0.15, -0.1) is 11.3 Å². The summed E-state index contributed by atoms with van der Waals surface area (Å²) in [4.78, 5) is 18.2. The first kappa shape index (κ1) is 18.2. The van der Waals surface area contributed by atoms with Crippen LogP contribution < -0.4 is 0 Å². The van der Waals surface area contributed by atoms with Gasteiger partial charge in [-0.3, -0.25) is 4.79 Å². The Balaban J connectivity index is 1.44. The van der Waals surface area contributed by atoms with E-state index >= 15 is 0 Å². The van der Waals surface area contributed by atoms with Crippen molar-refractivity contribution in [2.75, 3.05) is 26.7 Å². The highest BCUT2D eigenvalue weighted by molar-refractivity contribution is 7.10. The lowest BCUT2D eigenvalue weighted by molar-refractivity contribution is -0.132. The third-order valence-electron chi connectivity index (χ3n) is 5.11. The highest BCUT2D eigenvalue weighted by Gasteiger charge is 2.25. The van der Waals surface area contributed by atoms with Gasteiger partial charge in [0, 0.05) is 24.5 Å². The average Bonchev–Trinajstić information content (AvgIpc) is 3.15. The smallest absolute Gasteiger partial charge is 0.227 e. The molecule has 1 saturated heterocycles. The topological polar surface area (TPSA) is 23.6 Å². The molecule has 3 rings (SSSR count). The Morgan fingerprint density at radius 1 is 1.24 bits per heavy atom. The largest absolute Gasteiger partial charge is 0.341 e. The summed E-state index contributed by atoms with van der Waals surface area (Å²) in [5, 5.41) is 2.04. The number of nitrogens with zero attached hydrogens (tertiary/aromatic N) is 2. The minimum atomic E-state index is 0.249. The molecule has 3 nitrogen and oxygen atoms in total. The van der Waals surface area contributed by atoms with Gasteiger partial charge in [0.25, 0.3) is 0 Å². The van der Waals surface area contributed by atoms with E-state index in [1.54, 1.807) is 11.3 Å². The third-order valence-corrected chi connectivity index (χ3v) is 5.99. The van der Waals surface area contributed by atoms with E-state index in [2.05, 4.69) is 35.2 Å². The minimum absolute atomic E-state index is 0.249. The number of hydrogen-bond acceptors (Lipinski definition) is 3. The van der Waals surface area contributed by atoms with Gasteiger partial charge in [0.15, 0.2) is 0 Å². The Bertz CT molecular complexity index is 641. The standard InChI is InChI=1S/C21H28N2OS/c1-22(21(24)16-20-12-7-15-25-20)19-11-6-14-23(17-19)13-5-10-18-8-3-2-4-9-18/h2-4,7-9,12,15,19H,5-6,10-11,13-14,16-17H2,1H3. The molecular weight excluding hydrogens is 328 g/mol. The van der Waals surface area contributed by atoms with Gasteiger partial charge < -0.3 is 9.80 Å². The number of carbonyl (C=O) groups excluding carboxylic acids is 1. The molecule has 0 spiro atoms. The second-order valence-electron chi connectivity index (χ2n) is 6.95. The maximum Gasteiger partial charge on any atom is 0.227 e.